The van der Waals surface area contributed by atoms with Gasteiger partial charge in [-0.1, -0.05) is 0 Å². The first-order valence-electron chi connectivity index (χ1n) is 4.24. The van der Waals surface area contributed by atoms with Crippen LogP contribution in [-0.4, -0.2) is 13.2 Å². The van der Waals surface area contributed by atoms with Crippen LogP contribution in [0, 0.1) is 17.1 Å². The highest BCUT2D eigenvalue weighted by atomic mass is 19.1. The van der Waals surface area contributed by atoms with Crippen molar-refractivity contribution in [3.05, 3.63) is 35.1 Å². The van der Waals surface area contributed by atoms with Crippen LogP contribution in [0.2, 0.25) is 0 Å². The fraction of sp³-hybridized carbons (Fsp3) is 0.300. The average molecular weight is 193 g/mol. The van der Waals surface area contributed by atoms with E-state index in [0.29, 0.717) is 18.8 Å². The summed E-state index contributed by atoms with van der Waals surface area (Å²) in [6, 6.07) is 5.90. The van der Waals surface area contributed by atoms with E-state index in [-0.39, 0.29) is 5.56 Å². The third-order valence-corrected chi connectivity index (χ3v) is 2.01. The summed E-state index contributed by atoms with van der Waals surface area (Å²) in [5.74, 6) is -0.428. The number of benzene rings is 1. The predicted octanol–water partition coefficient (Wildman–Crippen LogP) is 1.74. The van der Waals surface area contributed by atoms with Gasteiger partial charge in [0.25, 0.3) is 0 Å². The molecular formula is C10H8FNO2. The fourth-order valence-electron chi connectivity index (χ4n) is 1.37. The van der Waals surface area contributed by atoms with Crippen molar-refractivity contribution in [2.75, 3.05) is 13.2 Å². The van der Waals surface area contributed by atoms with E-state index in [9.17, 15) is 4.39 Å². The van der Waals surface area contributed by atoms with Crippen LogP contribution >= 0.6 is 0 Å². The van der Waals surface area contributed by atoms with Crippen LogP contribution < -0.4 is 0 Å². The van der Waals surface area contributed by atoms with Gasteiger partial charge < -0.3 is 9.47 Å². The lowest BCUT2D eigenvalue weighted by molar-refractivity contribution is -0.0443. The van der Waals surface area contributed by atoms with E-state index in [1.165, 1.54) is 18.2 Å². The number of rotatable bonds is 1. The highest BCUT2D eigenvalue weighted by molar-refractivity contribution is 5.38. The number of nitriles is 1. The molecule has 0 unspecified atom stereocenters. The van der Waals surface area contributed by atoms with Gasteiger partial charge >= 0.3 is 0 Å². The molecule has 72 valence electrons. The number of ether oxygens (including phenoxy) is 2. The topological polar surface area (TPSA) is 42.2 Å². The molecule has 0 spiro atoms. The van der Waals surface area contributed by atoms with Crippen LogP contribution in [-0.2, 0) is 9.47 Å². The van der Waals surface area contributed by atoms with Crippen LogP contribution in [0.25, 0.3) is 0 Å². The second-order valence-corrected chi connectivity index (χ2v) is 2.92. The average Bonchev–Trinajstić information content (AvgIpc) is 2.70. The summed E-state index contributed by atoms with van der Waals surface area (Å²) in [6.45, 7) is 1.01. The Balaban J connectivity index is 2.37. The Bertz CT molecular complexity index is 380. The van der Waals surface area contributed by atoms with Gasteiger partial charge in [0.15, 0.2) is 6.29 Å². The van der Waals surface area contributed by atoms with Gasteiger partial charge in [-0.3, -0.25) is 0 Å². The molecule has 0 atom stereocenters. The zero-order valence-corrected chi connectivity index (χ0v) is 7.37. The molecule has 4 heteroatoms. The molecule has 1 aromatic carbocycles. The molecule has 0 aliphatic carbocycles. The fourth-order valence-corrected chi connectivity index (χ4v) is 1.37. The van der Waals surface area contributed by atoms with Gasteiger partial charge in [0.05, 0.1) is 24.8 Å². The molecule has 0 radical (unpaired) electrons. The van der Waals surface area contributed by atoms with E-state index in [2.05, 4.69) is 0 Å². The Morgan fingerprint density at radius 3 is 2.71 bits per heavy atom. The molecule has 1 aliphatic rings. The molecule has 2 rings (SSSR count). The molecule has 1 heterocycles. The summed E-state index contributed by atoms with van der Waals surface area (Å²) in [7, 11) is 0. The van der Waals surface area contributed by atoms with Crippen LogP contribution in [0.3, 0.4) is 0 Å². The first-order valence-corrected chi connectivity index (χ1v) is 4.24. The molecule has 14 heavy (non-hydrogen) atoms. The minimum Gasteiger partial charge on any atom is -0.346 e. The summed E-state index contributed by atoms with van der Waals surface area (Å²) in [5.41, 5.74) is 0.850. The predicted molar refractivity (Wildman–Crippen MR) is 45.8 cm³/mol. The highest BCUT2D eigenvalue weighted by Gasteiger charge is 2.21. The minimum absolute atomic E-state index is 0.261. The lowest BCUT2D eigenvalue weighted by Gasteiger charge is -2.10. The Kier molecular flexibility index (Phi) is 2.44. The zero-order valence-electron chi connectivity index (χ0n) is 7.37. The van der Waals surface area contributed by atoms with Gasteiger partial charge in [0.2, 0.25) is 0 Å². The first kappa shape index (κ1) is 9.13. The van der Waals surface area contributed by atoms with Gasteiger partial charge in [-0.2, -0.15) is 5.26 Å². The van der Waals surface area contributed by atoms with Crippen molar-refractivity contribution >= 4 is 0 Å². The Morgan fingerprint density at radius 2 is 2.07 bits per heavy atom. The smallest absolute Gasteiger partial charge is 0.185 e. The molecular weight excluding hydrogens is 185 g/mol. The number of hydrogen-bond acceptors (Lipinski definition) is 3. The van der Waals surface area contributed by atoms with E-state index >= 15 is 0 Å². The molecule has 1 fully saturated rings. The summed E-state index contributed by atoms with van der Waals surface area (Å²) in [5, 5.41) is 8.78. The molecule has 0 saturated carbocycles. The van der Waals surface area contributed by atoms with Gasteiger partial charge in [-0.25, -0.2) is 4.39 Å². The van der Waals surface area contributed by atoms with E-state index < -0.39 is 12.1 Å². The van der Waals surface area contributed by atoms with Gasteiger partial charge in [-0.15, -0.1) is 0 Å². The summed E-state index contributed by atoms with van der Waals surface area (Å²) < 4.78 is 23.2. The van der Waals surface area contributed by atoms with E-state index in [0.717, 1.165) is 0 Å². The SMILES string of the molecule is N#Cc1cc(F)ccc1C1OCCO1. The molecule has 0 bridgehead atoms. The lowest BCUT2D eigenvalue weighted by atomic mass is 10.1. The van der Waals surface area contributed by atoms with Crippen molar-refractivity contribution in [1.82, 2.24) is 0 Å². The van der Waals surface area contributed by atoms with Crippen molar-refractivity contribution in [3.63, 3.8) is 0 Å². The third-order valence-electron chi connectivity index (χ3n) is 2.01. The zero-order chi connectivity index (χ0) is 9.97. The van der Waals surface area contributed by atoms with Crippen molar-refractivity contribution < 1.29 is 13.9 Å². The van der Waals surface area contributed by atoms with Crippen molar-refractivity contribution in [3.8, 4) is 6.07 Å². The molecule has 1 aromatic rings. The van der Waals surface area contributed by atoms with E-state index in [4.69, 9.17) is 14.7 Å². The second-order valence-electron chi connectivity index (χ2n) is 2.92. The van der Waals surface area contributed by atoms with Crippen LogP contribution in [0.1, 0.15) is 17.4 Å². The largest absolute Gasteiger partial charge is 0.346 e. The maximum Gasteiger partial charge on any atom is 0.185 e. The maximum absolute atomic E-state index is 12.8. The van der Waals surface area contributed by atoms with E-state index in [1.807, 2.05) is 6.07 Å². The quantitative estimate of drug-likeness (QED) is 0.682. The number of nitrogens with zero attached hydrogens (tertiary/aromatic N) is 1. The van der Waals surface area contributed by atoms with Crippen molar-refractivity contribution in [2.45, 2.75) is 6.29 Å². The molecule has 0 N–H and O–H groups in total. The normalized spacial score (nSPS) is 16.9. The summed E-state index contributed by atoms with van der Waals surface area (Å²) >= 11 is 0. The minimum atomic E-state index is -0.523. The molecule has 1 aliphatic heterocycles. The first-order chi connectivity index (χ1) is 6.81. The van der Waals surface area contributed by atoms with Crippen LogP contribution in [0.15, 0.2) is 18.2 Å². The Morgan fingerprint density at radius 1 is 1.36 bits per heavy atom. The van der Waals surface area contributed by atoms with E-state index in [1.54, 1.807) is 0 Å². The summed E-state index contributed by atoms with van der Waals surface area (Å²) in [6.07, 6.45) is -0.523. The molecule has 3 nitrogen and oxygen atoms in total. The van der Waals surface area contributed by atoms with Gasteiger partial charge in [0.1, 0.15) is 5.82 Å². The third kappa shape index (κ3) is 1.60. The van der Waals surface area contributed by atoms with Crippen molar-refractivity contribution in [2.24, 2.45) is 0 Å². The lowest BCUT2D eigenvalue weighted by Crippen LogP contribution is -2.01. The number of hydrogen-bond donors (Lipinski definition) is 0. The van der Waals surface area contributed by atoms with Crippen LogP contribution in [0.5, 0.6) is 0 Å². The monoisotopic (exact) mass is 193 g/mol. The molecule has 1 saturated heterocycles. The Labute approximate surface area is 80.7 Å². The summed E-state index contributed by atoms with van der Waals surface area (Å²) in [4.78, 5) is 0. The molecule has 0 amide bonds. The Hall–Kier alpha value is -1.44. The van der Waals surface area contributed by atoms with Gasteiger partial charge in [-0.05, 0) is 18.2 Å². The van der Waals surface area contributed by atoms with Crippen LogP contribution in [0.4, 0.5) is 4.39 Å². The highest BCUT2D eigenvalue weighted by Crippen LogP contribution is 2.26. The van der Waals surface area contributed by atoms with Gasteiger partial charge in [0, 0.05) is 5.56 Å². The molecule has 0 aromatic heterocycles. The standard InChI is InChI=1S/C10H8FNO2/c11-8-1-2-9(7(5-8)6-12)10-13-3-4-14-10/h1-2,5,10H,3-4H2. The maximum atomic E-state index is 12.8. The number of halogens is 1. The second kappa shape index (κ2) is 3.74. The van der Waals surface area contributed by atoms with Crippen molar-refractivity contribution in [1.29, 1.82) is 5.26 Å².